The van der Waals surface area contributed by atoms with E-state index in [2.05, 4.69) is 5.32 Å². The van der Waals surface area contributed by atoms with Gasteiger partial charge >= 0.3 is 6.09 Å². The number of hydrogen-bond acceptors (Lipinski definition) is 3. The first-order valence-electron chi connectivity index (χ1n) is 7.79. The van der Waals surface area contributed by atoms with Gasteiger partial charge in [-0.3, -0.25) is 4.79 Å². The summed E-state index contributed by atoms with van der Waals surface area (Å²) in [5.74, 6) is 0.0412. The lowest BCUT2D eigenvalue weighted by Crippen LogP contribution is -2.50. The van der Waals surface area contributed by atoms with Crippen molar-refractivity contribution < 1.29 is 14.3 Å². The number of piperidine rings is 1. The number of rotatable bonds is 5. The van der Waals surface area contributed by atoms with Crippen molar-refractivity contribution in [2.75, 3.05) is 13.1 Å². The van der Waals surface area contributed by atoms with Gasteiger partial charge in [-0.2, -0.15) is 0 Å². The highest BCUT2D eigenvalue weighted by molar-refractivity contribution is 6.08. The maximum absolute atomic E-state index is 12.0. The van der Waals surface area contributed by atoms with Gasteiger partial charge in [-0.1, -0.05) is 12.7 Å². The van der Waals surface area contributed by atoms with Gasteiger partial charge in [0.15, 0.2) is 0 Å². The van der Waals surface area contributed by atoms with E-state index in [1.807, 2.05) is 20.8 Å². The predicted octanol–water partition coefficient (Wildman–Crippen LogP) is 2.26. The predicted molar refractivity (Wildman–Crippen MR) is 83.4 cm³/mol. The summed E-state index contributed by atoms with van der Waals surface area (Å²) in [6, 6.07) is 0.0247. The van der Waals surface area contributed by atoms with Crippen LogP contribution in [0.3, 0.4) is 0 Å². The highest BCUT2D eigenvalue weighted by Gasteiger charge is 2.28. The van der Waals surface area contributed by atoms with E-state index in [0.29, 0.717) is 25.8 Å². The Morgan fingerprint density at radius 2 is 2.05 bits per heavy atom. The van der Waals surface area contributed by atoms with Gasteiger partial charge in [0.2, 0.25) is 5.91 Å². The Hall–Kier alpha value is -1.20. The van der Waals surface area contributed by atoms with E-state index in [-0.39, 0.29) is 18.0 Å². The minimum Gasteiger partial charge on any atom is -0.444 e. The zero-order valence-electron chi connectivity index (χ0n) is 13.5. The zero-order chi connectivity index (χ0) is 15.9. The molecule has 5 nitrogen and oxygen atoms in total. The van der Waals surface area contributed by atoms with Gasteiger partial charge in [0.25, 0.3) is 0 Å². The van der Waals surface area contributed by atoms with E-state index in [1.165, 1.54) is 0 Å². The number of nitrogens with one attached hydrogen (secondary N) is 1. The molecule has 0 aromatic carbocycles. The van der Waals surface area contributed by atoms with Crippen molar-refractivity contribution in [3.05, 3.63) is 0 Å². The summed E-state index contributed by atoms with van der Waals surface area (Å²) >= 11 is 0. The lowest BCUT2D eigenvalue weighted by molar-refractivity contribution is -0.122. The van der Waals surface area contributed by atoms with Crippen LogP contribution in [0.15, 0.2) is 0 Å². The molecule has 2 radical (unpaired) electrons. The van der Waals surface area contributed by atoms with Crippen molar-refractivity contribution in [1.82, 2.24) is 10.2 Å². The number of hydrogen-bond donors (Lipinski definition) is 1. The molecule has 1 aliphatic rings. The molecule has 1 unspecified atom stereocenters. The topological polar surface area (TPSA) is 58.6 Å². The Balaban J connectivity index is 2.38. The average molecular weight is 294 g/mol. The van der Waals surface area contributed by atoms with Gasteiger partial charge in [0.05, 0.1) is 7.85 Å². The molecule has 0 aromatic rings. The minimum atomic E-state index is -0.491. The molecule has 0 saturated carbocycles. The molecular formula is C15H27BN2O3. The van der Waals surface area contributed by atoms with Crippen molar-refractivity contribution in [3.8, 4) is 0 Å². The highest BCUT2D eigenvalue weighted by atomic mass is 16.6. The Bertz CT molecular complexity index is 355. The Kier molecular flexibility index (Phi) is 7.05. The van der Waals surface area contributed by atoms with Crippen molar-refractivity contribution >= 4 is 19.8 Å². The summed E-state index contributed by atoms with van der Waals surface area (Å²) in [6.07, 6.45) is 4.27. The summed E-state index contributed by atoms with van der Waals surface area (Å²) in [5, 5.41) is 3.00. The first kappa shape index (κ1) is 17.9. The maximum atomic E-state index is 12.0. The van der Waals surface area contributed by atoms with Crippen LogP contribution in [-0.4, -0.2) is 49.5 Å². The fourth-order valence-electron chi connectivity index (χ4n) is 2.32. The van der Waals surface area contributed by atoms with Gasteiger partial charge < -0.3 is 15.0 Å². The summed E-state index contributed by atoms with van der Waals surface area (Å²) in [7, 11) is 5.41. The van der Waals surface area contributed by atoms with Gasteiger partial charge in [0, 0.05) is 25.6 Å². The van der Waals surface area contributed by atoms with Crippen LogP contribution in [0.4, 0.5) is 4.79 Å². The summed E-state index contributed by atoms with van der Waals surface area (Å²) in [6.45, 7) is 6.77. The van der Waals surface area contributed by atoms with Crippen molar-refractivity contribution in [3.63, 3.8) is 0 Å². The standard InChI is InChI=1S/C15H27BN2O3/c1-15(2,3)21-14(20)18-10-6-7-12(11-18)17-13(19)8-4-5-9-16/h12H,4-11H2,1-3H3,(H,17,19). The molecular weight excluding hydrogens is 267 g/mol. The van der Waals surface area contributed by atoms with Crippen molar-refractivity contribution in [2.45, 2.75) is 70.8 Å². The molecule has 21 heavy (non-hydrogen) atoms. The minimum absolute atomic E-state index is 0.0247. The molecule has 1 heterocycles. The fourth-order valence-corrected chi connectivity index (χ4v) is 2.32. The Labute approximate surface area is 129 Å². The molecule has 1 fully saturated rings. The van der Waals surface area contributed by atoms with Crippen LogP contribution in [0.1, 0.15) is 52.9 Å². The third-order valence-electron chi connectivity index (χ3n) is 3.30. The third-order valence-corrected chi connectivity index (χ3v) is 3.30. The largest absolute Gasteiger partial charge is 0.444 e. The molecule has 2 amide bonds. The van der Waals surface area contributed by atoms with Crippen molar-refractivity contribution in [1.29, 1.82) is 0 Å². The SMILES string of the molecule is [B]CCCCC(=O)NC1CCCN(C(=O)OC(C)(C)C)C1. The van der Waals surface area contributed by atoms with Gasteiger partial charge in [-0.15, -0.1) is 0 Å². The van der Waals surface area contributed by atoms with Crippen LogP contribution in [0.5, 0.6) is 0 Å². The van der Waals surface area contributed by atoms with Crippen LogP contribution in [0.2, 0.25) is 6.32 Å². The molecule has 0 spiro atoms. The zero-order valence-corrected chi connectivity index (χ0v) is 13.5. The smallest absolute Gasteiger partial charge is 0.410 e. The molecule has 1 saturated heterocycles. The number of unbranched alkanes of at least 4 members (excludes halogenated alkanes) is 1. The van der Waals surface area contributed by atoms with E-state index < -0.39 is 5.60 Å². The summed E-state index contributed by atoms with van der Waals surface area (Å²) < 4.78 is 5.37. The molecule has 6 heteroatoms. The van der Waals surface area contributed by atoms with Crippen LogP contribution in [-0.2, 0) is 9.53 Å². The van der Waals surface area contributed by atoms with Crippen LogP contribution in [0.25, 0.3) is 0 Å². The van der Waals surface area contributed by atoms with E-state index in [1.54, 1.807) is 4.90 Å². The average Bonchev–Trinajstić information content (AvgIpc) is 2.37. The van der Waals surface area contributed by atoms with Gasteiger partial charge in [-0.25, -0.2) is 4.79 Å². The number of carbonyl (C=O) groups is 2. The van der Waals surface area contributed by atoms with Crippen LogP contribution < -0.4 is 5.32 Å². The Morgan fingerprint density at radius 3 is 2.67 bits per heavy atom. The van der Waals surface area contributed by atoms with Gasteiger partial charge in [0.1, 0.15) is 5.60 Å². The molecule has 1 aliphatic heterocycles. The molecule has 0 bridgehead atoms. The second-order valence-corrected chi connectivity index (χ2v) is 6.58. The second kappa shape index (κ2) is 8.30. The third kappa shape index (κ3) is 7.39. The number of nitrogens with zero attached hydrogens (tertiary/aromatic N) is 1. The quantitative estimate of drug-likeness (QED) is 0.625. The molecule has 0 aromatic heterocycles. The second-order valence-electron chi connectivity index (χ2n) is 6.58. The number of likely N-dealkylation sites (tertiary alicyclic amines) is 1. The number of amides is 2. The molecule has 1 atom stereocenters. The monoisotopic (exact) mass is 294 g/mol. The van der Waals surface area contributed by atoms with E-state index in [4.69, 9.17) is 12.6 Å². The molecule has 118 valence electrons. The van der Waals surface area contributed by atoms with Gasteiger partial charge in [-0.05, 0) is 40.0 Å². The summed E-state index contributed by atoms with van der Waals surface area (Å²) in [5.41, 5.74) is -0.491. The number of ether oxygens (including phenoxy) is 1. The first-order chi connectivity index (χ1) is 9.81. The normalized spacial score (nSPS) is 19.2. The van der Waals surface area contributed by atoms with Crippen LogP contribution in [0, 0.1) is 0 Å². The lowest BCUT2D eigenvalue weighted by atomic mass is 9.99. The van der Waals surface area contributed by atoms with Crippen LogP contribution >= 0.6 is 0 Å². The van der Waals surface area contributed by atoms with Crippen molar-refractivity contribution in [2.24, 2.45) is 0 Å². The van der Waals surface area contributed by atoms with E-state index >= 15 is 0 Å². The molecule has 0 aliphatic carbocycles. The highest BCUT2D eigenvalue weighted by Crippen LogP contribution is 2.15. The fraction of sp³-hybridized carbons (Fsp3) is 0.867. The number of carbonyl (C=O) groups excluding carboxylic acids is 2. The molecule has 1 rings (SSSR count). The molecule has 1 N–H and O–H groups in total. The first-order valence-corrected chi connectivity index (χ1v) is 7.79. The van der Waals surface area contributed by atoms with E-state index in [0.717, 1.165) is 25.7 Å². The summed E-state index contributed by atoms with van der Waals surface area (Å²) in [4.78, 5) is 25.5. The Morgan fingerprint density at radius 1 is 1.33 bits per heavy atom. The van der Waals surface area contributed by atoms with E-state index in [9.17, 15) is 9.59 Å². The maximum Gasteiger partial charge on any atom is 0.410 e. The lowest BCUT2D eigenvalue weighted by Gasteiger charge is -2.34.